The van der Waals surface area contributed by atoms with E-state index in [0.717, 1.165) is 46.7 Å². The van der Waals surface area contributed by atoms with Gasteiger partial charge in [-0.05, 0) is 66.0 Å². The predicted octanol–water partition coefficient (Wildman–Crippen LogP) is -0.670. The van der Waals surface area contributed by atoms with Crippen molar-refractivity contribution >= 4 is 49.9 Å². The van der Waals surface area contributed by atoms with Crippen molar-refractivity contribution in [2.45, 2.75) is 11.1 Å². The molecule has 0 saturated carbocycles. The minimum absolute atomic E-state index is 0.274. The summed E-state index contributed by atoms with van der Waals surface area (Å²) < 4.78 is 27.6. The van der Waals surface area contributed by atoms with Gasteiger partial charge in [0, 0.05) is 40.9 Å². The highest BCUT2D eigenvalue weighted by atomic mass is 127. The van der Waals surface area contributed by atoms with Crippen molar-refractivity contribution in [3.05, 3.63) is 62.9 Å². The lowest BCUT2D eigenvalue weighted by molar-refractivity contribution is -0.749. The Morgan fingerprint density at radius 3 is 2.63 bits per heavy atom. The summed E-state index contributed by atoms with van der Waals surface area (Å²) in [6.45, 7) is 4.30. The second-order valence-electron chi connectivity index (χ2n) is 9.10. The van der Waals surface area contributed by atoms with Gasteiger partial charge in [-0.1, -0.05) is 6.07 Å². The largest absolute Gasteiger partial charge is 0.397 e. The summed E-state index contributed by atoms with van der Waals surface area (Å²) in [5, 5.41) is 2.96. The number of nitrogens with two attached hydrogens (primary N) is 1. The highest BCUT2D eigenvalue weighted by Crippen LogP contribution is 2.26. The van der Waals surface area contributed by atoms with Gasteiger partial charge in [0.15, 0.2) is 0 Å². The number of likely N-dealkylation sites (N-methyl/N-ethyl adjacent to an activating group) is 1. The van der Waals surface area contributed by atoms with Crippen LogP contribution in [0.3, 0.4) is 0 Å². The third kappa shape index (κ3) is 4.85. The van der Waals surface area contributed by atoms with Crippen LogP contribution in [-0.4, -0.2) is 71.7 Å². The highest BCUT2D eigenvalue weighted by Gasteiger charge is 2.42. The normalized spacial score (nSPS) is 22.7. The van der Waals surface area contributed by atoms with Crippen molar-refractivity contribution in [2.75, 3.05) is 56.9 Å². The fraction of sp³-hybridized carbons (Fsp3) is 0.348. The molecular weight excluding hydrogens is 581 g/mol. The van der Waals surface area contributed by atoms with Crippen molar-refractivity contribution in [1.29, 1.82) is 0 Å². The molecule has 3 heterocycles. The molecule has 6 N–H and O–H groups in total. The molecule has 2 atom stereocenters. The Morgan fingerprint density at radius 2 is 1.91 bits per heavy atom. The second kappa shape index (κ2) is 9.58. The second-order valence-corrected chi connectivity index (χ2v) is 12.4. The molecule has 1 amide bonds. The van der Waals surface area contributed by atoms with Gasteiger partial charge < -0.3 is 26.3 Å². The number of rotatable bonds is 5. The number of carbonyl (C=O) groups excluding carboxylic acids is 1. The number of hydrazine groups is 1. The van der Waals surface area contributed by atoms with Gasteiger partial charge in [0.25, 0.3) is 5.91 Å². The van der Waals surface area contributed by atoms with E-state index in [0.29, 0.717) is 27.0 Å². The van der Waals surface area contributed by atoms with E-state index in [1.807, 2.05) is 12.1 Å². The van der Waals surface area contributed by atoms with Crippen molar-refractivity contribution in [1.82, 2.24) is 21.1 Å². The molecule has 10 nitrogen and oxygen atoms in total. The summed E-state index contributed by atoms with van der Waals surface area (Å²) in [4.78, 5) is 17.8. The van der Waals surface area contributed by atoms with Crippen LogP contribution < -0.4 is 31.1 Å². The minimum atomic E-state index is -3.57. The molecule has 2 aromatic carbocycles. The number of nitrogen functional groups attached to an aromatic ring is 1. The maximum atomic E-state index is 13.2. The molecule has 0 aliphatic carbocycles. The van der Waals surface area contributed by atoms with Crippen LogP contribution in [-0.2, 0) is 10.0 Å². The van der Waals surface area contributed by atoms with Gasteiger partial charge in [0.1, 0.15) is 24.2 Å². The minimum Gasteiger partial charge on any atom is -0.397 e. The first-order valence-electron chi connectivity index (χ1n) is 11.4. The van der Waals surface area contributed by atoms with Crippen molar-refractivity contribution in [3.63, 3.8) is 0 Å². The smallest absolute Gasteiger partial charge is 0.326 e. The summed E-state index contributed by atoms with van der Waals surface area (Å²) in [6, 6.07) is 12.3. The van der Waals surface area contributed by atoms with Crippen molar-refractivity contribution < 1.29 is 17.5 Å². The number of halogens is 1. The number of benzene rings is 2. The third-order valence-electron chi connectivity index (χ3n) is 6.76. The Labute approximate surface area is 218 Å². The highest BCUT2D eigenvalue weighted by molar-refractivity contribution is 14.1. The van der Waals surface area contributed by atoms with Crippen LogP contribution in [0.1, 0.15) is 10.4 Å². The molecule has 0 aromatic heterocycles. The van der Waals surface area contributed by atoms with Crippen LogP contribution >= 0.6 is 22.6 Å². The maximum absolute atomic E-state index is 13.2. The van der Waals surface area contributed by atoms with Crippen molar-refractivity contribution in [2.24, 2.45) is 0 Å². The van der Waals surface area contributed by atoms with Crippen molar-refractivity contribution in [3.8, 4) is 0 Å². The summed E-state index contributed by atoms with van der Waals surface area (Å²) in [7, 11) is -1.47. The number of piperazine rings is 1. The molecule has 35 heavy (non-hydrogen) atoms. The monoisotopic (exact) mass is 610 g/mol. The molecule has 186 valence electrons. The number of hydrogen-bond donors (Lipinski definition) is 5. The first-order valence-corrected chi connectivity index (χ1v) is 14.0. The molecular formula is C23H29IN7O3S+. The topological polar surface area (TPSA) is 124 Å². The number of anilines is 2. The zero-order valence-corrected chi connectivity index (χ0v) is 22.3. The first-order chi connectivity index (χ1) is 16.7. The molecule has 12 heteroatoms. The lowest BCUT2D eigenvalue weighted by Crippen LogP contribution is -3.12. The van der Waals surface area contributed by atoms with Gasteiger partial charge in [-0.15, -0.1) is 0 Å². The zero-order valence-electron chi connectivity index (χ0n) is 19.3. The number of carbonyl (C=O) groups is 1. The SMILES string of the molecule is CN1CCN(c2ccc(C(=O)NC3NNC4=C3C[NH+](S(=O)(=O)c3cccc(I)c3)C4)cc2N)CC1. The lowest BCUT2D eigenvalue weighted by Gasteiger charge is -2.34. The number of nitrogens with zero attached hydrogens (tertiary/aromatic N) is 2. The van der Waals surface area contributed by atoms with Gasteiger partial charge in [0.2, 0.25) is 0 Å². The Kier molecular flexibility index (Phi) is 6.65. The van der Waals surface area contributed by atoms with E-state index in [1.54, 1.807) is 30.3 Å². The summed E-state index contributed by atoms with van der Waals surface area (Å²) in [5.41, 5.74) is 16.0. The standard InChI is InChI=1S/C23H28IN7O3S/c1-29-7-9-30(10-8-29)21-6-5-15(11-19(21)25)23(32)26-22-18-13-31(14-20(18)27-28-22)35(33,34)17-4-2-3-16(24)12-17/h2-6,11-12,22,27-28H,7-10,13-14,25H2,1H3,(H,26,32)/p+1. The van der Waals surface area contributed by atoms with E-state index < -0.39 is 16.2 Å². The molecule has 2 unspecified atom stereocenters. The Hall–Kier alpha value is -2.39. The Balaban J connectivity index is 1.25. The van der Waals surface area contributed by atoms with Crippen LogP contribution in [0.25, 0.3) is 0 Å². The number of quaternary nitrogens is 1. The number of amides is 1. The zero-order chi connectivity index (χ0) is 24.7. The first kappa shape index (κ1) is 24.3. The van der Waals surface area contributed by atoms with Crippen LogP contribution in [0, 0.1) is 3.57 Å². The average molecular weight is 611 g/mol. The maximum Gasteiger partial charge on any atom is 0.326 e. The molecule has 0 bridgehead atoms. The molecule has 0 radical (unpaired) electrons. The molecule has 3 aliphatic rings. The van der Waals surface area contributed by atoms with E-state index in [-0.39, 0.29) is 12.5 Å². The van der Waals surface area contributed by atoms with Crippen LogP contribution in [0.5, 0.6) is 0 Å². The number of nitrogens with one attached hydrogen (secondary N) is 4. The van der Waals surface area contributed by atoms with Gasteiger partial charge >= 0.3 is 10.0 Å². The van der Waals surface area contributed by atoms with Gasteiger partial charge in [-0.25, -0.2) is 9.73 Å². The van der Waals surface area contributed by atoms with E-state index >= 15 is 0 Å². The fourth-order valence-electron chi connectivity index (χ4n) is 4.70. The molecule has 5 rings (SSSR count). The predicted molar refractivity (Wildman–Crippen MR) is 142 cm³/mol. The molecule has 2 aromatic rings. The molecule has 0 spiro atoms. The quantitative estimate of drug-likeness (QED) is 0.223. The average Bonchev–Trinajstić information content (AvgIpc) is 3.42. The summed E-state index contributed by atoms with van der Waals surface area (Å²) in [6.07, 6.45) is -0.500. The van der Waals surface area contributed by atoms with Gasteiger partial charge in [-0.3, -0.25) is 4.79 Å². The Bertz CT molecular complexity index is 1290. The van der Waals surface area contributed by atoms with Crippen LogP contribution in [0.15, 0.2) is 58.6 Å². The molecule has 1 fully saturated rings. The third-order valence-corrected chi connectivity index (χ3v) is 9.35. The fourth-order valence-corrected chi connectivity index (χ4v) is 7.01. The summed E-state index contributed by atoms with van der Waals surface area (Å²) in [5.74, 6) is -0.274. The number of hydrogen-bond acceptors (Lipinski definition) is 8. The van der Waals surface area contributed by atoms with Gasteiger partial charge in [-0.2, -0.15) is 8.42 Å². The van der Waals surface area contributed by atoms with Crippen LogP contribution in [0.2, 0.25) is 0 Å². The lowest BCUT2D eigenvalue weighted by atomic mass is 10.1. The summed E-state index contributed by atoms with van der Waals surface area (Å²) >= 11 is 2.11. The molecule has 3 aliphatic heterocycles. The number of sulfonamides is 1. The van der Waals surface area contributed by atoms with Gasteiger partial charge in [0.05, 0.1) is 17.1 Å². The van der Waals surface area contributed by atoms with E-state index in [9.17, 15) is 13.2 Å². The molecule has 1 saturated heterocycles. The van der Waals surface area contributed by atoms with Crippen LogP contribution in [0.4, 0.5) is 11.4 Å². The van der Waals surface area contributed by atoms with E-state index in [4.69, 9.17) is 5.73 Å². The van der Waals surface area contributed by atoms with E-state index in [2.05, 4.69) is 55.6 Å². The Morgan fingerprint density at radius 1 is 1.14 bits per heavy atom. The van der Waals surface area contributed by atoms with E-state index in [1.165, 1.54) is 0 Å².